The molecule has 1 aliphatic heterocycles. The molecule has 2 aliphatic rings. The zero-order chi connectivity index (χ0) is 16.8. The van der Waals surface area contributed by atoms with E-state index in [0.29, 0.717) is 29.6 Å². The number of fused-ring (bicyclic) bond motifs is 1. The number of likely N-dealkylation sites (tertiary alicyclic amines) is 1. The first kappa shape index (κ1) is 16.3. The lowest BCUT2D eigenvalue weighted by Crippen LogP contribution is -2.46. The van der Waals surface area contributed by atoms with Gasteiger partial charge in [0.2, 0.25) is 0 Å². The van der Waals surface area contributed by atoms with Gasteiger partial charge in [-0.25, -0.2) is 4.79 Å². The van der Waals surface area contributed by atoms with E-state index in [1.54, 1.807) is 11.0 Å². The summed E-state index contributed by atoms with van der Waals surface area (Å²) < 4.78 is 0. The van der Waals surface area contributed by atoms with Crippen LogP contribution in [0.2, 0.25) is 5.15 Å². The van der Waals surface area contributed by atoms with Gasteiger partial charge in [0, 0.05) is 18.6 Å². The first-order chi connectivity index (χ1) is 10.8. The molecule has 3 rings (SSSR count). The van der Waals surface area contributed by atoms with E-state index in [-0.39, 0.29) is 11.5 Å². The van der Waals surface area contributed by atoms with Gasteiger partial charge in [0.25, 0.3) is 0 Å². The van der Waals surface area contributed by atoms with Gasteiger partial charge in [-0.2, -0.15) is 0 Å². The van der Waals surface area contributed by atoms with E-state index in [1.165, 1.54) is 0 Å². The van der Waals surface area contributed by atoms with Crippen molar-refractivity contribution >= 4 is 23.5 Å². The second kappa shape index (κ2) is 5.82. The number of amides is 1. The number of anilines is 1. The van der Waals surface area contributed by atoms with E-state index in [4.69, 9.17) is 11.6 Å². The smallest absolute Gasteiger partial charge is 0.407 e. The van der Waals surface area contributed by atoms with Crippen LogP contribution in [-0.4, -0.2) is 44.9 Å². The van der Waals surface area contributed by atoms with Crippen LogP contribution >= 0.6 is 11.6 Å². The molecule has 2 heterocycles. The molecule has 0 spiro atoms. The Morgan fingerprint density at radius 1 is 1.35 bits per heavy atom. The lowest BCUT2D eigenvalue weighted by Gasteiger charge is -2.37. The van der Waals surface area contributed by atoms with Gasteiger partial charge in [0.15, 0.2) is 5.15 Å². The minimum atomic E-state index is -0.799. The summed E-state index contributed by atoms with van der Waals surface area (Å²) in [4.78, 5) is 13.2. The summed E-state index contributed by atoms with van der Waals surface area (Å²) in [6.45, 7) is 7.01. The van der Waals surface area contributed by atoms with Gasteiger partial charge in [-0.15, -0.1) is 10.2 Å². The van der Waals surface area contributed by atoms with Gasteiger partial charge in [-0.05, 0) is 42.2 Å². The molecule has 2 N–H and O–H groups in total. The Balaban J connectivity index is 1.71. The molecule has 1 saturated carbocycles. The first-order valence-corrected chi connectivity index (χ1v) is 8.39. The Labute approximate surface area is 141 Å². The highest BCUT2D eigenvalue weighted by Crippen LogP contribution is 2.48. The average Bonchev–Trinajstić information content (AvgIpc) is 2.96. The van der Waals surface area contributed by atoms with Crippen LogP contribution in [-0.2, 0) is 0 Å². The largest absolute Gasteiger partial charge is 0.465 e. The second-order valence-corrected chi connectivity index (χ2v) is 8.11. The topological polar surface area (TPSA) is 78.4 Å². The van der Waals surface area contributed by atoms with E-state index in [9.17, 15) is 9.90 Å². The van der Waals surface area contributed by atoms with Crippen molar-refractivity contribution in [2.75, 3.05) is 11.9 Å². The fourth-order valence-electron chi connectivity index (χ4n) is 4.38. The van der Waals surface area contributed by atoms with Gasteiger partial charge < -0.3 is 15.3 Å². The lowest BCUT2D eigenvalue weighted by molar-refractivity contribution is 0.0896. The molecule has 4 atom stereocenters. The molecule has 126 valence electrons. The van der Waals surface area contributed by atoms with Crippen LogP contribution in [0, 0.1) is 17.3 Å². The zero-order valence-electron chi connectivity index (χ0n) is 13.7. The first-order valence-electron chi connectivity index (χ1n) is 8.01. The number of aromatic nitrogens is 2. The van der Waals surface area contributed by atoms with Crippen LogP contribution in [0.3, 0.4) is 0 Å². The third kappa shape index (κ3) is 3.22. The maximum Gasteiger partial charge on any atom is 0.407 e. The van der Waals surface area contributed by atoms with Crippen molar-refractivity contribution in [3.63, 3.8) is 0 Å². The fraction of sp³-hybridized carbons (Fsp3) is 0.688. The lowest BCUT2D eigenvalue weighted by atomic mass is 9.77. The molecular formula is C16H23ClN4O2. The van der Waals surface area contributed by atoms with Crippen molar-refractivity contribution < 1.29 is 9.90 Å². The SMILES string of the molecule is CC(C)(C)C1[C@H]2C[C@@H](Nc3ccc(Cl)nn3)C[C@H]2CN1C(=O)O. The minimum Gasteiger partial charge on any atom is -0.465 e. The molecule has 0 bridgehead atoms. The number of nitrogens with zero attached hydrogens (tertiary/aromatic N) is 3. The standard InChI is InChI=1S/C16H23ClN4O2/c1-16(2,3)14-11-7-10(6-9(11)8-21(14)15(22)23)18-13-5-4-12(17)19-20-13/h4-5,9-11,14H,6-8H2,1-3H3,(H,18,20)(H,22,23)/t9-,10-,11-,14?/m0/s1. The fourth-order valence-corrected chi connectivity index (χ4v) is 4.48. The highest BCUT2D eigenvalue weighted by atomic mass is 35.5. The van der Waals surface area contributed by atoms with Crippen LogP contribution < -0.4 is 5.32 Å². The highest BCUT2D eigenvalue weighted by Gasteiger charge is 2.52. The van der Waals surface area contributed by atoms with Crippen molar-refractivity contribution in [2.24, 2.45) is 17.3 Å². The average molecular weight is 339 g/mol. The number of hydrogen-bond acceptors (Lipinski definition) is 4. The Morgan fingerprint density at radius 2 is 2.09 bits per heavy atom. The number of nitrogens with one attached hydrogen (secondary N) is 1. The minimum absolute atomic E-state index is 0.0627. The summed E-state index contributed by atoms with van der Waals surface area (Å²) >= 11 is 5.76. The van der Waals surface area contributed by atoms with E-state index in [2.05, 4.69) is 36.3 Å². The van der Waals surface area contributed by atoms with Gasteiger partial charge >= 0.3 is 6.09 Å². The van der Waals surface area contributed by atoms with Crippen LogP contribution in [0.5, 0.6) is 0 Å². The molecule has 2 fully saturated rings. The molecule has 1 aromatic rings. The Hall–Kier alpha value is -1.56. The van der Waals surface area contributed by atoms with Crippen molar-refractivity contribution in [3.8, 4) is 0 Å². The molecule has 1 unspecified atom stereocenters. The summed E-state index contributed by atoms with van der Waals surface area (Å²) in [5.41, 5.74) is -0.0627. The Morgan fingerprint density at radius 3 is 2.65 bits per heavy atom. The summed E-state index contributed by atoms with van der Waals surface area (Å²) in [6.07, 6.45) is 1.12. The maximum atomic E-state index is 11.6. The van der Waals surface area contributed by atoms with Crippen LogP contribution in [0.1, 0.15) is 33.6 Å². The summed E-state index contributed by atoms with van der Waals surface area (Å²) in [5.74, 6) is 1.53. The third-order valence-corrected chi connectivity index (χ3v) is 5.24. The summed E-state index contributed by atoms with van der Waals surface area (Å²) in [5, 5.41) is 21.2. The van der Waals surface area contributed by atoms with Crippen LogP contribution in [0.15, 0.2) is 12.1 Å². The number of carboxylic acid groups (broad SMARTS) is 1. The monoisotopic (exact) mass is 338 g/mol. The predicted octanol–water partition coefficient (Wildman–Crippen LogP) is 3.35. The number of halogens is 1. The molecule has 0 radical (unpaired) electrons. The van der Waals surface area contributed by atoms with Crippen molar-refractivity contribution in [1.82, 2.24) is 15.1 Å². The molecule has 23 heavy (non-hydrogen) atoms. The maximum absolute atomic E-state index is 11.6. The molecule has 0 aromatic carbocycles. The Kier molecular flexibility index (Phi) is 4.12. The molecular weight excluding hydrogens is 316 g/mol. The van der Waals surface area contributed by atoms with Crippen molar-refractivity contribution in [1.29, 1.82) is 0 Å². The third-order valence-electron chi connectivity index (χ3n) is 5.04. The summed E-state index contributed by atoms with van der Waals surface area (Å²) in [7, 11) is 0. The molecule has 6 nitrogen and oxygen atoms in total. The highest BCUT2D eigenvalue weighted by molar-refractivity contribution is 6.29. The normalized spacial score (nSPS) is 30.3. The van der Waals surface area contributed by atoms with Crippen LogP contribution in [0.4, 0.5) is 10.6 Å². The van der Waals surface area contributed by atoms with E-state index in [1.807, 2.05) is 6.07 Å². The van der Waals surface area contributed by atoms with Crippen LogP contribution in [0.25, 0.3) is 0 Å². The van der Waals surface area contributed by atoms with Crippen molar-refractivity contribution in [2.45, 2.75) is 45.7 Å². The zero-order valence-corrected chi connectivity index (χ0v) is 14.4. The Bertz CT molecular complexity index is 587. The molecule has 1 amide bonds. The van der Waals surface area contributed by atoms with Crippen molar-refractivity contribution in [3.05, 3.63) is 17.3 Å². The predicted molar refractivity (Wildman–Crippen MR) is 88.6 cm³/mol. The van der Waals surface area contributed by atoms with Gasteiger partial charge in [0.05, 0.1) is 0 Å². The van der Waals surface area contributed by atoms with E-state index in [0.717, 1.165) is 18.7 Å². The summed E-state index contributed by atoms with van der Waals surface area (Å²) in [6, 6.07) is 3.92. The van der Waals surface area contributed by atoms with Gasteiger partial charge in [-0.1, -0.05) is 32.4 Å². The quantitative estimate of drug-likeness (QED) is 0.864. The number of carbonyl (C=O) groups is 1. The number of rotatable bonds is 2. The number of hydrogen-bond donors (Lipinski definition) is 2. The van der Waals surface area contributed by atoms with E-state index < -0.39 is 6.09 Å². The molecule has 1 saturated heterocycles. The van der Waals surface area contributed by atoms with E-state index >= 15 is 0 Å². The molecule has 7 heteroatoms. The van der Waals surface area contributed by atoms with Gasteiger partial charge in [-0.3, -0.25) is 0 Å². The molecule has 1 aliphatic carbocycles. The van der Waals surface area contributed by atoms with Gasteiger partial charge in [0.1, 0.15) is 5.82 Å². The molecule has 1 aromatic heterocycles. The second-order valence-electron chi connectivity index (χ2n) is 7.72.